The topological polar surface area (TPSA) is 43.7 Å². The van der Waals surface area contributed by atoms with Crippen LogP contribution in [0.15, 0.2) is 18.2 Å². The fraction of sp³-hybridized carbons (Fsp3) is 0.333. The summed E-state index contributed by atoms with van der Waals surface area (Å²) >= 11 is 0. The molecule has 0 saturated heterocycles. The maximum absolute atomic E-state index is 13.3. The molecule has 5 heteroatoms. The van der Waals surface area contributed by atoms with Crippen LogP contribution in [0.2, 0.25) is 0 Å². The Hall–Kier alpha value is -0.905. The summed E-state index contributed by atoms with van der Waals surface area (Å²) < 4.78 is 13.3. The Balaban J connectivity index is 2.90. The van der Waals surface area contributed by atoms with Gasteiger partial charge in [-0.05, 0) is 25.6 Å². The van der Waals surface area contributed by atoms with Gasteiger partial charge < -0.3 is 14.9 Å². The van der Waals surface area contributed by atoms with Crippen molar-refractivity contribution in [2.45, 2.75) is 6.54 Å². The SMILES string of the molecule is CN(C)Cc1ccc(B(O)O)cc1F. The molecule has 1 rings (SSSR count). The first kappa shape index (κ1) is 11.2. The molecule has 1 aromatic carbocycles. The highest BCUT2D eigenvalue weighted by molar-refractivity contribution is 6.58. The number of nitrogens with zero attached hydrogens (tertiary/aromatic N) is 1. The zero-order chi connectivity index (χ0) is 10.7. The van der Waals surface area contributed by atoms with E-state index in [2.05, 4.69) is 0 Å². The van der Waals surface area contributed by atoms with E-state index >= 15 is 0 Å². The largest absolute Gasteiger partial charge is 0.488 e. The second kappa shape index (κ2) is 4.55. The van der Waals surface area contributed by atoms with Crippen molar-refractivity contribution in [3.8, 4) is 0 Å². The molecule has 0 saturated carbocycles. The van der Waals surface area contributed by atoms with Gasteiger partial charge in [-0.2, -0.15) is 0 Å². The Bertz CT molecular complexity index is 318. The van der Waals surface area contributed by atoms with Crippen molar-refractivity contribution in [1.82, 2.24) is 4.90 Å². The van der Waals surface area contributed by atoms with Gasteiger partial charge in [-0.3, -0.25) is 0 Å². The highest BCUT2D eigenvalue weighted by atomic mass is 19.1. The Morgan fingerprint density at radius 3 is 2.43 bits per heavy atom. The van der Waals surface area contributed by atoms with Crippen LogP contribution < -0.4 is 5.46 Å². The van der Waals surface area contributed by atoms with E-state index in [1.165, 1.54) is 6.07 Å². The summed E-state index contributed by atoms with van der Waals surface area (Å²) in [4.78, 5) is 1.84. The summed E-state index contributed by atoms with van der Waals surface area (Å²) in [7, 11) is 2.07. The van der Waals surface area contributed by atoms with Crippen LogP contribution in [0.1, 0.15) is 5.56 Å². The predicted octanol–water partition coefficient (Wildman–Crippen LogP) is -0.433. The molecule has 0 heterocycles. The predicted molar refractivity (Wildman–Crippen MR) is 53.6 cm³/mol. The average Bonchev–Trinajstić information content (AvgIpc) is 2.07. The van der Waals surface area contributed by atoms with Crippen molar-refractivity contribution < 1.29 is 14.4 Å². The average molecular weight is 197 g/mol. The Morgan fingerprint density at radius 2 is 2.00 bits per heavy atom. The number of hydrogen-bond donors (Lipinski definition) is 2. The summed E-state index contributed by atoms with van der Waals surface area (Å²) in [5.74, 6) is -0.413. The molecule has 0 bridgehead atoms. The molecular weight excluding hydrogens is 184 g/mol. The van der Waals surface area contributed by atoms with Crippen molar-refractivity contribution in [2.24, 2.45) is 0 Å². The summed E-state index contributed by atoms with van der Waals surface area (Å²) in [6.45, 7) is 0.494. The standard InChI is InChI=1S/C9H13BFNO2/c1-12(2)6-7-3-4-8(10(13)14)5-9(7)11/h3-5,13-14H,6H2,1-2H3. The van der Waals surface area contributed by atoms with Gasteiger partial charge in [0.1, 0.15) is 5.82 Å². The maximum Gasteiger partial charge on any atom is 0.488 e. The van der Waals surface area contributed by atoms with E-state index in [4.69, 9.17) is 10.0 Å². The minimum Gasteiger partial charge on any atom is -0.423 e. The lowest BCUT2D eigenvalue weighted by Crippen LogP contribution is -2.30. The van der Waals surface area contributed by atoms with Crippen LogP contribution >= 0.6 is 0 Å². The monoisotopic (exact) mass is 197 g/mol. The first-order valence-electron chi connectivity index (χ1n) is 4.30. The van der Waals surface area contributed by atoms with Crippen LogP contribution in [0.5, 0.6) is 0 Å². The molecular formula is C9H13BFNO2. The zero-order valence-electron chi connectivity index (χ0n) is 8.24. The number of halogens is 1. The summed E-state index contributed by atoms with van der Waals surface area (Å²) in [6, 6.07) is 4.21. The molecule has 0 aliphatic heterocycles. The van der Waals surface area contributed by atoms with Crippen molar-refractivity contribution in [2.75, 3.05) is 14.1 Å². The highest BCUT2D eigenvalue weighted by Gasteiger charge is 2.13. The molecule has 0 radical (unpaired) electrons. The van der Waals surface area contributed by atoms with E-state index in [1.54, 1.807) is 6.07 Å². The van der Waals surface area contributed by atoms with Crippen molar-refractivity contribution in [1.29, 1.82) is 0 Å². The molecule has 3 nitrogen and oxygen atoms in total. The van der Waals surface area contributed by atoms with Crippen LogP contribution in [0.4, 0.5) is 4.39 Å². The van der Waals surface area contributed by atoms with E-state index in [-0.39, 0.29) is 5.46 Å². The molecule has 2 N–H and O–H groups in total. The van der Waals surface area contributed by atoms with Crippen LogP contribution in [-0.2, 0) is 6.54 Å². The van der Waals surface area contributed by atoms with E-state index in [0.29, 0.717) is 12.1 Å². The molecule has 0 unspecified atom stereocenters. The molecule has 0 atom stereocenters. The molecule has 0 aliphatic carbocycles. The Morgan fingerprint density at radius 1 is 1.36 bits per heavy atom. The molecule has 14 heavy (non-hydrogen) atoms. The van der Waals surface area contributed by atoms with Gasteiger partial charge in [-0.25, -0.2) is 4.39 Å². The lowest BCUT2D eigenvalue weighted by atomic mass is 9.80. The van der Waals surface area contributed by atoms with E-state index < -0.39 is 12.9 Å². The highest BCUT2D eigenvalue weighted by Crippen LogP contribution is 2.06. The summed E-state index contributed by atoms with van der Waals surface area (Å²) in [5.41, 5.74) is 0.712. The molecule has 0 aromatic heterocycles. The molecule has 1 aromatic rings. The third-order valence-electron chi connectivity index (χ3n) is 1.86. The van der Waals surface area contributed by atoms with Crippen LogP contribution in [-0.4, -0.2) is 36.2 Å². The van der Waals surface area contributed by atoms with Crippen LogP contribution in [0, 0.1) is 5.82 Å². The van der Waals surface area contributed by atoms with E-state index in [1.807, 2.05) is 19.0 Å². The van der Waals surface area contributed by atoms with Gasteiger partial charge in [-0.1, -0.05) is 12.1 Å². The van der Waals surface area contributed by atoms with Gasteiger partial charge >= 0.3 is 7.12 Å². The first-order chi connectivity index (χ1) is 6.50. The van der Waals surface area contributed by atoms with Gasteiger partial charge in [0.05, 0.1) is 0 Å². The summed E-state index contributed by atoms with van der Waals surface area (Å²) in [5, 5.41) is 17.6. The fourth-order valence-corrected chi connectivity index (χ4v) is 1.19. The van der Waals surface area contributed by atoms with Gasteiger partial charge in [0.25, 0.3) is 0 Å². The Kier molecular flexibility index (Phi) is 3.63. The number of benzene rings is 1. The van der Waals surface area contributed by atoms with Crippen LogP contribution in [0.25, 0.3) is 0 Å². The molecule has 76 valence electrons. The first-order valence-corrected chi connectivity index (χ1v) is 4.30. The van der Waals surface area contributed by atoms with Crippen molar-refractivity contribution >= 4 is 12.6 Å². The van der Waals surface area contributed by atoms with Crippen LogP contribution in [0.3, 0.4) is 0 Å². The van der Waals surface area contributed by atoms with Gasteiger partial charge in [-0.15, -0.1) is 0 Å². The minimum absolute atomic E-state index is 0.171. The molecule has 0 fully saturated rings. The normalized spacial score (nSPS) is 10.7. The Labute approximate surface area is 82.9 Å². The van der Waals surface area contributed by atoms with E-state index in [0.717, 1.165) is 6.07 Å². The smallest absolute Gasteiger partial charge is 0.423 e. The lowest BCUT2D eigenvalue weighted by Gasteiger charge is -2.11. The molecule has 0 spiro atoms. The number of rotatable bonds is 3. The zero-order valence-corrected chi connectivity index (χ0v) is 8.24. The maximum atomic E-state index is 13.3. The third kappa shape index (κ3) is 2.80. The van der Waals surface area contributed by atoms with Gasteiger partial charge in [0.2, 0.25) is 0 Å². The third-order valence-corrected chi connectivity index (χ3v) is 1.86. The number of hydrogen-bond acceptors (Lipinski definition) is 3. The molecule has 0 amide bonds. The van der Waals surface area contributed by atoms with Gasteiger partial charge in [0.15, 0.2) is 0 Å². The van der Waals surface area contributed by atoms with E-state index in [9.17, 15) is 4.39 Å². The second-order valence-corrected chi connectivity index (χ2v) is 3.46. The lowest BCUT2D eigenvalue weighted by molar-refractivity contribution is 0.392. The minimum atomic E-state index is -1.61. The fourth-order valence-electron chi connectivity index (χ4n) is 1.19. The molecule has 0 aliphatic rings. The quantitative estimate of drug-likeness (QED) is 0.646. The van der Waals surface area contributed by atoms with Gasteiger partial charge in [0, 0.05) is 12.1 Å². The summed E-state index contributed by atoms with van der Waals surface area (Å²) in [6.07, 6.45) is 0. The second-order valence-electron chi connectivity index (χ2n) is 3.46. The van der Waals surface area contributed by atoms with Crippen molar-refractivity contribution in [3.05, 3.63) is 29.6 Å². The van der Waals surface area contributed by atoms with Crippen molar-refractivity contribution in [3.63, 3.8) is 0 Å².